The number of hydrogen-bond acceptors (Lipinski definition) is 3. The molecule has 0 aromatic rings. The van der Waals surface area contributed by atoms with Gasteiger partial charge in [0.2, 0.25) is 5.91 Å². The maximum atomic E-state index is 12.9. The van der Waals surface area contributed by atoms with Gasteiger partial charge in [-0.1, -0.05) is 13.8 Å². The molecule has 0 bridgehead atoms. The van der Waals surface area contributed by atoms with E-state index in [4.69, 9.17) is 5.11 Å². The molecule has 2 unspecified atom stereocenters. The average molecular weight is 382 g/mol. The van der Waals surface area contributed by atoms with E-state index in [1.54, 1.807) is 0 Å². The fourth-order valence-electron chi connectivity index (χ4n) is 4.10. The van der Waals surface area contributed by atoms with Crippen LogP contribution in [-0.4, -0.2) is 65.0 Å². The number of piperidine rings is 2. The zero-order valence-corrected chi connectivity index (χ0v) is 16.8. The third-order valence-corrected chi connectivity index (χ3v) is 5.57. The first-order valence-corrected chi connectivity index (χ1v) is 10.4. The summed E-state index contributed by atoms with van der Waals surface area (Å²) >= 11 is 0. The van der Waals surface area contributed by atoms with Gasteiger partial charge in [-0.2, -0.15) is 0 Å². The molecule has 3 amide bonds. The standard InChI is InChI=1S/C20H35N3O4/c1-15(2)13-21-20(27)22-10-5-6-16(14-22)12-18(24)23-11-4-3-7-17(23)8-9-19(25)26/h15-17H,3-14H2,1-2H3,(H,21,27)(H,25,26). The molecule has 154 valence electrons. The molecule has 2 aliphatic rings. The monoisotopic (exact) mass is 381 g/mol. The minimum atomic E-state index is -0.802. The molecule has 2 aliphatic heterocycles. The normalized spacial score (nSPS) is 23.4. The van der Waals surface area contributed by atoms with E-state index in [1.807, 2.05) is 9.80 Å². The molecule has 27 heavy (non-hydrogen) atoms. The summed E-state index contributed by atoms with van der Waals surface area (Å²) in [6, 6.07) is 0.0227. The van der Waals surface area contributed by atoms with Crippen molar-refractivity contribution < 1.29 is 19.5 Å². The minimum absolute atomic E-state index is 0.0295. The van der Waals surface area contributed by atoms with Crippen LogP contribution < -0.4 is 5.32 Å². The number of rotatable bonds is 7. The molecule has 0 spiro atoms. The van der Waals surface area contributed by atoms with Crippen LogP contribution in [0, 0.1) is 11.8 Å². The quantitative estimate of drug-likeness (QED) is 0.709. The van der Waals surface area contributed by atoms with Crippen LogP contribution in [0.25, 0.3) is 0 Å². The number of urea groups is 1. The first kappa shape index (κ1) is 21.5. The molecular weight excluding hydrogens is 346 g/mol. The summed E-state index contributed by atoms with van der Waals surface area (Å²) in [7, 11) is 0. The Morgan fingerprint density at radius 3 is 2.59 bits per heavy atom. The van der Waals surface area contributed by atoms with Gasteiger partial charge in [-0.15, -0.1) is 0 Å². The highest BCUT2D eigenvalue weighted by atomic mass is 16.4. The number of carboxylic acids is 1. The van der Waals surface area contributed by atoms with Gasteiger partial charge in [0.25, 0.3) is 0 Å². The third kappa shape index (κ3) is 7.03. The van der Waals surface area contributed by atoms with E-state index >= 15 is 0 Å². The second kappa shape index (κ2) is 10.5. The summed E-state index contributed by atoms with van der Waals surface area (Å²) in [5.41, 5.74) is 0. The van der Waals surface area contributed by atoms with Gasteiger partial charge in [-0.25, -0.2) is 4.79 Å². The van der Waals surface area contributed by atoms with Crippen LogP contribution in [0.5, 0.6) is 0 Å². The first-order valence-electron chi connectivity index (χ1n) is 10.4. The number of nitrogens with one attached hydrogen (secondary N) is 1. The van der Waals surface area contributed by atoms with Gasteiger partial charge in [0, 0.05) is 45.1 Å². The molecule has 0 aromatic carbocycles. The fraction of sp³-hybridized carbons (Fsp3) is 0.850. The zero-order valence-electron chi connectivity index (χ0n) is 16.8. The first-order chi connectivity index (χ1) is 12.9. The van der Waals surface area contributed by atoms with Gasteiger partial charge < -0.3 is 20.2 Å². The van der Waals surface area contributed by atoms with Crippen molar-refractivity contribution in [2.75, 3.05) is 26.2 Å². The fourth-order valence-corrected chi connectivity index (χ4v) is 4.10. The van der Waals surface area contributed by atoms with Crippen LogP contribution in [0.15, 0.2) is 0 Å². The lowest BCUT2D eigenvalue weighted by Gasteiger charge is -2.38. The SMILES string of the molecule is CC(C)CNC(=O)N1CCCC(CC(=O)N2CCCCC2CCC(=O)O)C1. The van der Waals surface area contributed by atoms with Crippen molar-refractivity contribution in [2.24, 2.45) is 11.8 Å². The smallest absolute Gasteiger partial charge is 0.317 e. The molecular formula is C20H35N3O4. The Bertz CT molecular complexity index is 523. The molecule has 2 rings (SSSR count). The van der Waals surface area contributed by atoms with Crippen molar-refractivity contribution in [1.82, 2.24) is 15.1 Å². The Morgan fingerprint density at radius 1 is 1.11 bits per heavy atom. The van der Waals surface area contributed by atoms with Crippen LogP contribution in [0.4, 0.5) is 4.79 Å². The van der Waals surface area contributed by atoms with Gasteiger partial charge in [0.05, 0.1) is 0 Å². The molecule has 0 saturated carbocycles. The van der Waals surface area contributed by atoms with Crippen LogP contribution >= 0.6 is 0 Å². The Labute approximate surface area is 162 Å². The molecule has 2 atom stereocenters. The molecule has 2 N–H and O–H groups in total. The number of carbonyl (C=O) groups is 3. The summed E-state index contributed by atoms with van der Waals surface area (Å²) in [4.78, 5) is 39.8. The molecule has 0 aromatic heterocycles. The molecule has 2 saturated heterocycles. The second-order valence-corrected chi connectivity index (χ2v) is 8.41. The maximum Gasteiger partial charge on any atom is 0.317 e. The second-order valence-electron chi connectivity index (χ2n) is 8.41. The lowest BCUT2D eigenvalue weighted by Crippen LogP contribution is -2.48. The van der Waals surface area contributed by atoms with Crippen molar-refractivity contribution in [3.8, 4) is 0 Å². The van der Waals surface area contributed by atoms with Gasteiger partial charge in [-0.3, -0.25) is 9.59 Å². The van der Waals surface area contributed by atoms with E-state index in [2.05, 4.69) is 19.2 Å². The van der Waals surface area contributed by atoms with E-state index in [0.717, 1.165) is 45.2 Å². The molecule has 2 heterocycles. The summed E-state index contributed by atoms with van der Waals surface area (Å²) in [6.45, 7) is 6.91. The highest BCUT2D eigenvalue weighted by molar-refractivity contribution is 5.77. The topological polar surface area (TPSA) is 90.0 Å². The zero-order chi connectivity index (χ0) is 19.8. The highest BCUT2D eigenvalue weighted by Gasteiger charge is 2.31. The van der Waals surface area contributed by atoms with Gasteiger partial charge >= 0.3 is 12.0 Å². The Morgan fingerprint density at radius 2 is 1.89 bits per heavy atom. The van der Waals surface area contributed by atoms with Crippen molar-refractivity contribution in [3.63, 3.8) is 0 Å². The summed E-state index contributed by atoms with van der Waals surface area (Å²) in [5, 5.41) is 11.9. The number of carboxylic acid groups (broad SMARTS) is 1. The Kier molecular flexibility index (Phi) is 8.38. The van der Waals surface area contributed by atoms with Crippen molar-refractivity contribution in [1.29, 1.82) is 0 Å². The van der Waals surface area contributed by atoms with Gasteiger partial charge in [0.15, 0.2) is 0 Å². The van der Waals surface area contributed by atoms with Crippen molar-refractivity contribution in [2.45, 2.75) is 71.3 Å². The molecule has 2 fully saturated rings. The predicted octanol–water partition coefficient (Wildman–Crippen LogP) is 2.70. The average Bonchev–Trinajstić information content (AvgIpc) is 2.64. The number of nitrogens with zero attached hydrogens (tertiary/aromatic N) is 2. The van der Waals surface area contributed by atoms with Crippen molar-refractivity contribution in [3.05, 3.63) is 0 Å². The summed E-state index contributed by atoms with van der Waals surface area (Å²) < 4.78 is 0. The van der Waals surface area contributed by atoms with Crippen molar-refractivity contribution >= 4 is 17.9 Å². The third-order valence-electron chi connectivity index (χ3n) is 5.57. The van der Waals surface area contributed by atoms with Gasteiger partial charge in [-0.05, 0) is 50.4 Å². The van der Waals surface area contributed by atoms with E-state index in [9.17, 15) is 14.4 Å². The lowest BCUT2D eigenvalue weighted by molar-refractivity contribution is -0.140. The number of hydrogen-bond donors (Lipinski definition) is 2. The Hall–Kier alpha value is -1.79. The van der Waals surface area contributed by atoms with Crippen LogP contribution in [-0.2, 0) is 9.59 Å². The number of aliphatic carboxylic acids is 1. The van der Waals surface area contributed by atoms with Gasteiger partial charge in [0.1, 0.15) is 0 Å². The summed E-state index contributed by atoms with van der Waals surface area (Å²) in [6.07, 6.45) is 5.94. The van der Waals surface area contributed by atoms with Crippen LogP contribution in [0.3, 0.4) is 0 Å². The predicted molar refractivity (Wildman–Crippen MR) is 103 cm³/mol. The molecule has 0 radical (unpaired) electrons. The van der Waals surface area contributed by atoms with E-state index in [-0.39, 0.29) is 30.3 Å². The molecule has 7 heteroatoms. The number of amides is 3. The largest absolute Gasteiger partial charge is 0.481 e. The van der Waals surface area contributed by atoms with Crippen LogP contribution in [0.1, 0.15) is 65.2 Å². The lowest BCUT2D eigenvalue weighted by atomic mass is 9.92. The van der Waals surface area contributed by atoms with E-state index in [0.29, 0.717) is 31.8 Å². The van der Waals surface area contributed by atoms with Crippen LogP contribution in [0.2, 0.25) is 0 Å². The minimum Gasteiger partial charge on any atom is -0.481 e. The number of likely N-dealkylation sites (tertiary alicyclic amines) is 2. The molecule has 0 aliphatic carbocycles. The van der Waals surface area contributed by atoms with E-state index < -0.39 is 5.97 Å². The molecule has 7 nitrogen and oxygen atoms in total. The highest BCUT2D eigenvalue weighted by Crippen LogP contribution is 2.25. The Balaban J connectivity index is 1.85. The summed E-state index contributed by atoms with van der Waals surface area (Å²) in [5.74, 6) is -0.0705. The van der Waals surface area contributed by atoms with E-state index in [1.165, 1.54) is 0 Å². The maximum absolute atomic E-state index is 12.9. The number of carbonyl (C=O) groups excluding carboxylic acids is 2.